The van der Waals surface area contributed by atoms with Crippen molar-refractivity contribution in [3.05, 3.63) is 36.5 Å². The van der Waals surface area contributed by atoms with Crippen molar-refractivity contribution in [3.8, 4) is 0 Å². The van der Waals surface area contributed by atoms with Crippen LogP contribution in [-0.2, 0) is 13.1 Å². The van der Waals surface area contributed by atoms with Crippen molar-refractivity contribution >= 4 is 11.6 Å². The number of anilines is 1. The summed E-state index contributed by atoms with van der Waals surface area (Å²) in [4.78, 5) is 4.35. The van der Waals surface area contributed by atoms with Crippen molar-refractivity contribution in [1.82, 2.24) is 29.4 Å². The van der Waals surface area contributed by atoms with Gasteiger partial charge < -0.3 is 9.88 Å². The van der Waals surface area contributed by atoms with Crippen molar-refractivity contribution in [2.45, 2.75) is 20.0 Å². The first-order chi connectivity index (χ1) is 8.86. The highest BCUT2D eigenvalue weighted by molar-refractivity contribution is 5.42. The van der Waals surface area contributed by atoms with Crippen molar-refractivity contribution in [2.75, 3.05) is 5.32 Å². The second-order valence-electron chi connectivity index (χ2n) is 3.83. The zero-order valence-electron chi connectivity index (χ0n) is 9.98. The smallest absolute Gasteiger partial charge is 0.243 e. The van der Waals surface area contributed by atoms with E-state index in [1.807, 2.05) is 29.0 Å². The highest BCUT2D eigenvalue weighted by atomic mass is 15.4. The van der Waals surface area contributed by atoms with Crippen LogP contribution in [0.15, 0.2) is 30.7 Å². The molecule has 1 N–H and O–H groups in total. The Morgan fingerprint density at radius 3 is 3.11 bits per heavy atom. The Bertz CT molecular complexity index is 621. The van der Waals surface area contributed by atoms with Gasteiger partial charge in [-0.3, -0.25) is 0 Å². The van der Waals surface area contributed by atoms with E-state index in [9.17, 15) is 0 Å². The molecule has 3 aromatic rings. The number of fused-ring (bicyclic) bond motifs is 1. The standard InChI is InChI=1S/C11H13N7/c1-2-17-8-13-15-10(17)7-12-11-14-9-5-3-4-6-18(9)16-11/h3-6,8H,2,7H2,1H3,(H,12,16). The summed E-state index contributed by atoms with van der Waals surface area (Å²) in [6.07, 6.45) is 3.58. The van der Waals surface area contributed by atoms with Gasteiger partial charge in [0.15, 0.2) is 11.5 Å². The molecule has 0 aliphatic heterocycles. The second-order valence-corrected chi connectivity index (χ2v) is 3.83. The van der Waals surface area contributed by atoms with Crippen molar-refractivity contribution in [1.29, 1.82) is 0 Å². The van der Waals surface area contributed by atoms with Crippen molar-refractivity contribution in [3.63, 3.8) is 0 Å². The van der Waals surface area contributed by atoms with E-state index in [1.165, 1.54) is 0 Å². The predicted octanol–water partition coefficient (Wildman–Crippen LogP) is 0.953. The molecule has 0 bridgehead atoms. The molecule has 0 saturated carbocycles. The van der Waals surface area contributed by atoms with Crippen LogP contribution in [0.25, 0.3) is 5.65 Å². The summed E-state index contributed by atoms with van der Waals surface area (Å²) in [5.74, 6) is 1.46. The Morgan fingerprint density at radius 2 is 2.28 bits per heavy atom. The first-order valence-corrected chi connectivity index (χ1v) is 5.79. The van der Waals surface area contributed by atoms with E-state index in [0.29, 0.717) is 12.5 Å². The Balaban J connectivity index is 1.77. The minimum Gasteiger partial charge on any atom is -0.346 e. The molecule has 0 fully saturated rings. The average Bonchev–Trinajstić information content (AvgIpc) is 3.01. The summed E-state index contributed by atoms with van der Waals surface area (Å²) in [6.45, 7) is 3.46. The van der Waals surface area contributed by atoms with E-state index in [2.05, 4.69) is 32.5 Å². The minimum absolute atomic E-state index is 0.560. The van der Waals surface area contributed by atoms with Gasteiger partial charge in [-0.1, -0.05) is 6.07 Å². The molecular formula is C11H13N7. The predicted molar refractivity (Wildman–Crippen MR) is 66.0 cm³/mol. The Kier molecular flexibility index (Phi) is 2.64. The van der Waals surface area contributed by atoms with Crippen LogP contribution in [0.5, 0.6) is 0 Å². The molecule has 0 amide bonds. The Hall–Kier alpha value is -2.44. The summed E-state index contributed by atoms with van der Waals surface area (Å²) in [6, 6.07) is 5.76. The number of nitrogens with zero attached hydrogens (tertiary/aromatic N) is 6. The maximum Gasteiger partial charge on any atom is 0.243 e. The quantitative estimate of drug-likeness (QED) is 0.738. The third-order valence-electron chi connectivity index (χ3n) is 2.68. The molecule has 92 valence electrons. The monoisotopic (exact) mass is 243 g/mol. The van der Waals surface area contributed by atoms with Crippen LogP contribution < -0.4 is 5.32 Å². The lowest BCUT2D eigenvalue weighted by molar-refractivity contribution is 0.706. The van der Waals surface area contributed by atoms with Crippen LogP contribution in [0.2, 0.25) is 0 Å². The van der Waals surface area contributed by atoms with Crippen LogP contribution in [0, 0.1) is 0 Å². The van der Waals surface area contributed by atoms with Gasteiger partial charge in [0.2, 0.25) is 5.95 Å². The number of rotatable bonds is 4. The normalized spacial score (nSPS) is 10.9. The van der Waals surface area contributed by atoms with Gasteiger partial charge in [-0.05, 0) is 19.1 Å². The maximum atomic E-state index is 4.35. The van der Waals surface area contributed by atoms with Crippen LogP contribution >= 0.6 is 0 Å². The lowest BCUT2D eigenvalue weighted by Crippen LogP contribution is -2.08. The minimum atomic E-state index is 0.560. The lowest BCUT2D eigenvalue weighted by atomic mass is 10.5. The fraction of sp³-hybridized carbons (Fsp3) is 0.273. The van der Waals surface area contributed by atoms with E-state index >= 15 is 0 Å². The van der Waals surface area contributed by atoms with Gasteiger partial charge in [-0.2, -0.15) is 4.98 Å². The van der Waals surface area contributed by atoms with Crippen LogP contribution in [0.3, 0.4) is 0 Å². The fourth-order valence-electron chi connectivity index (χ4n) is 1.74. The van der Waals surface area contributed by atoms with E-state index in [4.69, 9.17) is 0 Å². The largest absolute Gasteiger partial charge is 0.346 e. The summed E-state index contributed by atoms with van der Waals surface area (Å²) in [5, 5.41) is 15.4. The first kappa shape index (κ1) is 10.7. The molecule has 3 aromatic heterocycles. The van der Waals surface area contributed by atoms with Crippen molar-refractivity contribution < 1.29 is 0 Å². The van der Waals surface area contributed by atoms with Gasteiger partial charge in [0.25, 0.3) is 0 Å². The fourth-order valence-corrected chi connectivity index (χ4v) is 1.74. The van der Waals surface area contributed by atoms with Gasteiger partial charge >= 0.3 is 0 Å². The van der Waals surface area contributed by atoms with E-state index in [-0.39, 0.29) is 0 Å². The summed E-state index contributed by atoms with van der Waals surface area (Å²) >= 11 is 0. The molecule has 3 rings (SSSR count). The maximum absolute atomic E-state index is 4.35. The van der Waals surface area contributed by atoms with Gasteiger partial charge in [0.05, 0.1) is 6.54 Å². The molecule has 0 aliphatic rings. The Morgan fingerprint density at radius 1 is 1.33 bits per heavy atom. The zero-order chi connectivity index (χ0) is 12.4. The molecule has 0 saturated heterocycles. The highest BCUT2D eigenvalue weighted by Gasteiger charge is 2.05. The molecule has 7 heteroatoms. The first-order valence-electron chi connectivity index (χ1n) is 5.79. The molecule has 0 spiro atoms. The third kappa shape index (κ3) is 1.90. The van der Waals surface area contributed by atoms with Gasteiger partial charge in [0, 0.05) is 12.7 Å². The van der Waals surface area contributed by atoms with Gasteiger partial charge in [-0.25, -0.2) is 4.52 Å². The number of aromatic nitrogens is 6. The molecule has 18 heavy (non-hydrogen) atoms. The second kappa shape index (κ2) is 4.44. The number of hydrogen-bond donors (Lipinski definition) is 1. The van der Waals surface area contributed by atoms with E-state index in [1.54, 1.807) is 10.8 Å². The Labute approximate surface area is 103 Å². The van der Waals surface area contributed by atoms with Crippen molar-refractivity contribution in [2.24, 2.45) is 0 Å². The topological polar surface area (TPSA) is 72.9 Å². The van der Waals surface area contributed by atoms with Gasteiger partial charge in [-0.15, -0.1) is 15.3 Å². The SMILES string of the molecule is CCn1cnnc1CNc1nc2ccccn2n1. The molecule has 0 aromatic carbocycles. The molecule has 7 nitrogen and oxygen atoms in total. The number of aryl methyl sites for hydroxylation is 1. The molecular weight excluding hydrogens is 230 g/mol. The molecule has 3 heterocycles. The molecule has 0 unspecified atom stereocenters. The van der Waals surface area contributed by atoms with Gasteiger partial charge in [0.1, 0.15) is 6.33 Å². The average molecular weight is 243 g/mol. The van der Waals surface area contributed by atoms with Crippen LogP contribution in [0.1, 0.15) is 12.7 Å². The molecule has 0 radical (unpaired) electrons. The summed E-state index contributed by atoms with van der Waals surface area (Å²) in [5.41, 5.74) is 0.817. The number of nitrogens with one attached hydrogen (secondary N) is 1. The number of pyridine rings is 1. The third-order valence-corrected chi connectivity index (χ3v) is 2.68. The van der Waals surface area contributed by atoms with E-state index in [0.717, 1.165) is 18.0 Å². The lowest BCUT2D eigenvalue weighted by Gasteiger charge is -2.02. The zero-order valence-corrected chi connectivity index (χ0v) is 9.98. The van der Waals surface area contributed by atoms with E-state index < -0.39 is 0 Å². The number of hydrogen-bond acceptors (Lipinski definition) is 5. The highest BCUT2D eigenvalue weighted by Crippen LogP contribution is 2.05. The van der Waals surface area contributed by atoms with Crippen LogP contribution in [0.4, 0.5) is 5.95 Å². The molecule has 0 atom stereocenters. The van der Waals surface area contributed by atoms with Crippen LogP contribution in [-0.4, -0.2) is 29.4 Å². The molecule has 0 aliphatic carbocycles. The summed E-state index contributed by atoms with van der Waals surface area (Å²) < 4.78 is 3.70. The summed E-state index contributed by atoms with van der Waals surface area (Å²) in [7, 11) is 0.